The zero-order valence-corrected chi connectivity index (χ0v) is 7.82. The molecule has 0 bridgehead atoms. The van der Waals surface area contributed by atoms with E-state index in [4.69, 9.17) is 5.73 Å². The molecule has 1 rings (SSSR count). The van der Waals surface area contributed by atoms with Crippen LogP contribution >= 0.6 is 0 Å². The first-order valence-corrected chi connectivity index (χ1v) is 4.13. The monoisotopic (exact) mass is 179 g/mol. The molecule has 0 aliphatic heterocycles. The highest BCUT2D eigenvalue weighted by atomic mass is 16.2. The van der Waals surface area contributed by atoms with Crippen LogP contribution in [0.1, 0.15) is 13.3 Å². The van der Waals surface area contributed by atoms with Crippen LogP contribution in [-0.4, -0.2) is 17.9 Å². The predicted molar refractivity (Wildman–Crippen MR) is 52.4 cm³/mol. The summed E-state index contributed by atoms with van der Waals surface area (Å²) in [5, 5.41) is 0. The Hall–Kier alpha value is -1.58. The number of hydrogen-bond donors (Lipinski definition) is 1. The Balaban J connectivity index is 2.83. The maximum absolute atomic E-state index is 11.3. The Morgan fingerprint density at radius 3 is 2.77 bits per heavy atom. The van der Waals surface area contributed by atoms with Gasteiger partial charge in [0.15, 0.2) is 0 Å². The Morgan fingerprint density at radius 2 is 2.31 bits per heavy atom. The molecule has 0 aliphatic carbocycles. The van der Waals surface area contributed by atoms with Crippen LogP contribution in [0.4, 0.5) is 11.5 Å². The number of hydrogen-bond acceptors (Lipinski definition) is 3. The number of carbonyl (C=O) groups excluding carboxylic acids is 1. The van der Waals surface area contributed by atoms with Gasteiger partial charge in [0.1, 0.15) is 5.82 Å². The zero-order chi connectivity index (χ0) is 9.84. The van der Waals surface area contributed by atoms with Crippen LogP contribution < -0.4 is 10.6 Å². The standard InChI is InChI=1S/C9H13N3O/c1-3-9(13)12(2)7-4-5-8(10)11-6-7/h4-6H,3H2,1-2H3,(H2,10,11). The van der Waals surface area contributed by atoms with Crippen molar-refractivity contribution in [3.05, 3.63) is 18.3 Å². The van der Waals surface area contributed by atoms with Crippen molar-refractivity contribution in [1.29, 1.82) is 0 Å². The first kappa shape index (κ1) is 9.51. The second-order valence-electron chi connectivity index (χ2n) is 2.75. The van der Waals surface area contributed by atoms with Crippen molar-refractivity contribution in [2.75, 3.05) is 17.7 Å². The molecule has 0 aromatic carbocycles. The molecule has 70 valence electrons. The number of nitrogens with zero attached hydrogens (tertiary/aromatic N) is 2. The van der Waals surface area contributed by atoms with Crippen molar-refractivity contribution < 1.29 is 4.79 Å². The summed E-state index contributed by atoms with van der Waals surface area (Å²) in [7, 11) is 1.72. The van der Waals surface area contributed by atoms with E-state index in [0.717, 1.165) is 5.69 Å². The molecular formula is C9H13N3O. The molecule has 0 radical (unpaired) electrons. The van der Waals surface area contributed by atoms with Gasteiger partial charge in [0.2, 0.25) is 5.91 Å². The van der Waals surface area contributed by atoms with Crippen molar-refractivity contribution in [3.8, 4) is 0 Å². The molecule has 0 saturated carbocycles. The molecule has 1 heterocycles. The van der Waals surface area contributed by atoms with Gasteiger partial charge >= 0.3 is 0 Å². The van der Waals surface area contributed by atoms with Gasteiger partial charge in [-0.05, 0) is 12.1 Å². The van der Waals surface area contributed by atoms with Gasteiger partial charge in [-0.1, -0.05) is 6.92 Å². The van der Waals surface area contributed by atoms with E-state index >= 15 is 0 Å². The van der Waals surface area contributed by atoms with Crippen LogP contribution in [0.3, 0.4) is 0 Å². The number of rotatable bonds is 2. The van der Waals surface area contributed by atoms with Crippen LogP contribution in [0.5, 0.6) is 0 Å². The average molecular weight is 179 g/mol. The summed E-state index contributed by atoms with van der Waals surface area (Å²) < 4.78 is 0. The zero-order valence-electron chi connectivity index (χ0n) is 7.82. The lowest BCUT2D eigenvalue weighted by molar-refractivity contribution is -0.118. The van der Waals surface area contributed by atoms with E-state index in [-0.39, 0.29) is 5.91 Å². The van der Waals surface area contributed by atoms with E-state index in [1.54, 1.807) is 30.3 Å². The van der Waals surface area contributed by atoms with Crippen LogP contribution in [0.2, 0.25) is 0 Å². The summed E-state index contributed by atoms with van der Waals surface area (Å²) in [5.41, 5.74) is 6.19. The molecule has 4 heteroatoms. The van der Waals surface area contributed by atoms with E-state index in [9.17, 15) is 4.79 Å². The number of pyridine rings is 1. The number of amides is 1. The molecule has 1 aromatic rings. The topological polar surface area (TPSA) is 59.2 Å². The van der Waals surface area contributed by atoms with Crippen molar-refractivity contribution in [2.24, 2.45) is 0 Å². The first-order chi connectivity index (χ1) is 6.15. The maximum Gasteiger partial charge on any atom is 0.226 e. The highest BCUT2D eigenvalue weighted by Crippen LogP contribution is 2.12. The Labute approximate surface area is 77.4 Å². The minimum absolute atomic E-state index is 0.0616. The van der Waals surface area contributed by atoms with Crippen LogP contribution in [0, 0.1) is 0 Å². The van der Waals surface area contributed by atoms with Crippen molar-refractivity contribution in [1.82, 2.24) is 4.98 Å². The molecule has 0 spiro atoms. The van der Waals surface area contributed by atoms with E-state index in [1.807, 2.05) is 6.92 Å². The minimum Gasteiger partial charge on any atom is -0.384 e. The number of aromatic nitrogens is 1. The highest BCUT2D eigenvalue weighted by Gasteiger charge is 2.07. The van der Waals surface area contributed by atoms with E-state index in [0.29, 0.717) is 12.2 Å². The van der Waals surface area contributed by atoms with Crippen molar-refractivity contribution >= 4 is 17.4 Å². The average Bonchev–Trinajstić information content (AvgIpc) is 2.17. The first-order valence-electron chi connectivity index (χ1n) is 4.13. The van der Waals surface area contributed by atoms with Gasteiger partial charge in [0.25, 0.3) is 0 Å². The molecule has 0 atom stereocenters. The van der Waals surface area contributed by atoms with E-state index in [1.165, 1.54) is 0 Å². The lowest BCUT2D eigenvalue weighted by atomic mass is 10.3. The van der Waals surface area contributed by atoms with E-state index in [2.05, 4.69) is 4.98 Å². The molecule has 2 N–H and O–H groups in total. The fourth-order valence-electron chi connectivity index (χ4n) is 0.977. The Kier molecular flexibility index (Phi) is 2.84. The second kappa shape index (κ2) is 3.89. The van der Waals surface area contributed by atoms with Crippen LogP contribution in [-0.2, 0) is 4.79 Å². The maximum atomic E-state index is 11.3. The molecule has 13 heavy (non-hydrogen) atoms. The predicted octanol–water partition coefficient (Wildman–Crippen LogP) is 1.04. The third-order valence-corrected chi connectivity index (χ3v) is 1.83. The highest BCUT2D eigenvalue weighted by molar-refractivity contribution is 5.92. The third kappa shape index (κ3) is 2.18. The molecule has 0 fully saturated rings. The van der Waals surface area contributed by atoms with E-state index < -0.39 is 0 Å². The van der Waals surface area contributed by atoms with Crippen molar-refractivity contribution in [3.63, 3.8) is 0 Å². The molecule has 0 aliphatic rings. The smallest absolute Gasteiger partial charge is 0.226 e. The minimum atomic E-state index is 0.0616. The summed E-state index contributed by atoms with van der Waals surface area (Å²) in [4.78, 5) is 16.7. The molecule has 1 amide bonds. The fraction of sp³-hybridized carbons (Fsp3) is 0.333. The summed E-state index contributed by atoms with van der Waals surface area (Å²) in [6.45, 7) is 1.82. The van der Waals surface area contributed by atoms with Crippen LogP contribution in [0.15, 0.2) is 18.3 Å². The molecule has 4 nitrogen and oxygen atoms in total. The molecule has 1 aromatic heterocycles. The number of nitrogens with two attached hydrogens (primary N) is 1. The molecule has 0 unspecified atom stereocenters. The number of anilines is 2. The summed E-state index contributed by atoms with van der Waals surface area (Å²) in [6.07, 6.45) is 2.07. The van der Waals surface area contributed by atoms with Gasteiger partial charge in [0, 0.05) is 13.5 Å². The van der Waals surface area contributed by atoms with Gasteiger partial charge in [-0.25, -0.2) is 4.98 Å². The fourth-order valence-corrected chi connectivity index (χ4v) is 0.977. The van der Waals surface area contributed by atoms with Crippen molar-refractivity contribution in [2.45, 2.75) is 13.3 Å². The number of nitrogen functional groups attached to an aromatic ring is 1. The van der Waals surface area contributed by atoms with Gasteiger partial charge in [-0.15, -0.1) is 0 Å². The third-order valence-electron chi connectivity index (χ3n) is 1.83. The molecule has 0 saturated heterocycles. The Bertz CT molecular complexity index is 294. The van der Waals surface area contributed by atoms with Gasteiger partial charge < -0.3 is 10.6 Å². The van der Waals surface area contributed by atoms with Gasteiger partial charge in [-0.3, -0.25) is 4.79 Å². The number of carbonyl (C=O) groups is 1. The molecular weight excluding hydrogens is 166 g/mol. The lowest BCUT2D eigenvalue weighted by Crippen LogP contribution is -2.25. The Morgan fingerprint density at radius 1 is 1.62 bits per heavy atom. The van der Waals surface area contributed by atoms with Crippen LogP contribution in [0.25, 0.3) is 0 Å². The lowest BCUT2D eigenvalue weighted by Gasteiger charge is -2.15. The van der Waals surface area contributed by atoms with Gasteiger partial charge in [0.05, 0.1) is 11.9 Å². The quantitative estimate of drug-likeness (QED) is 0.737. The van der Waals surface area contributed by atoms with Gasteiger partial charge in [-0.2, -0.15) is 0 Å². The summed E-state index contributed by atoms with van der Waals surface area (Å²) in [6, 6.07) is 3.45. The second-order valence-corrected chi connectivity index (χ2v) is 2.75. The summed E-state index contributed by atoms with van der Waals surface area (Å²) >= 11 is 0. The normalized spacial score (nSPS) is 9.69. The SMILES string of the molecule is CCC(=O)N(C)c1ccc(N)nc1. The summed E-state index contributed by atoms with van der Waals surface area (Å²) in [5.74, 6) is 0.521. The largest absolute Gasteiger partial charge is 0.384 e.